The van der Waals surface area contributed by atoms with E-state index in [0.717, 1.165) is 0 Å². The lowest BCUT2D eigenvalue weighted by molar-refractivity contribution is -0.125. The highest BCUT2D eigenvalue weighted by Gasteiger charge is 2.35. The van der Waals surface area contributed by atoms with Crippen LogP contribution in [0.25, 0.3) is 0 Å². The van der Waals surface area contributed by atoms with Crippen molar-refractivity contribution in [3.05, 3.63) is 0 Å². The molecule has 1 heterocycles. The van der Waals surface area contributed by atoms with Crippen LogP contribution in [-0.2, 0) is 19.6 Å². The summed E-state index contributed by atoms with van der Waals surface area (Å²) in [5.74, 6) is -0.235. The monoisotopic (exact) mass is 293 g/mol. The molecule has 8 heteroatoms. The number of hydrogen-bond donors (Lipinski definition) is 2. The second kappa shape index (κ2) is 7.78. The van der Waals surface area contributed by atoms with Gasteiger partial charge in [0, 0.05) is 39.9 Å². The third-order valence-corrected chi connectivity index (χ3v) is 4.91. The molecule has 112 valence electrons. The summed E-state index contributed by atoms with van der Waals surface area (Å²) in [6.07, 6.45) is 0.435. The van der Waals surface area contributed by atoms with Gasteiger partial charge >= 0.3 is 0 Å². The summed E-state index contributed by atoms with van der Waals surface area (Å²) >= 11 is 0. The van der Waals surface area contributed by atoms with Crippen molar-refractivity contribution in [1.82, 2.24) is 14.9 Å². The molecule has 1 aliphatic rings. The molecule has 0 spiro atoms. The minimum Gasteiger partial charge on any atom is -0.385 e. The number of nitrogens with one attached hydrogen (secondary N) is 2. The zero-order chi connectivity index (χ0) is 14.3. The lowest BCUT2D eigenvalue weighted by Crippen LogP contribution is -2.59. The van der Waals surface area contributed by atoms with Crippen molar-refractivity contribution >= 4 is 15.9 Å². The summed E-state index contributed by atoms with van der Waals surface area (Å²) in [5, 5.41) is 5.73. The maximum absolute atomic E-state index is 12.2. The Balaban J connectivity index is 2.72. The van der Waals surface area contributed by atoms with E-state index < -0.39 is 16.1 Å². The van der Waals surface area contributed by atoms with Crippen LogP contribution in [0.4, 0.5) is 0 Å². The van der Waals surface area contributed by atoms with Gasteiger partial charge in [0.1, 0.15) is 6.04 Å². The van der Waals surface area contributed by atoms with Crippen molar-refractivity contribution in [2.45, 2.75) is 19.4 Å². The summed E-state index contributed by atoms with van der Waals surface area (Å²) < 4.78 is 30.7. The smallest absolute Gasteiger partial charge is 0.239 e. The van der Waals surface area contributed by atoms with Gasteiger partial charge in [0.25, 0.3) is 0 Å². The average molecular weight is 293 g/mol. The fourth-order valence-electron chi connectivity index (χ4n) is 2.04. The molecule has 0 aliphatic carbocycles. The van der Waals surface area contributed by atoms with Crippen LogP contribution in [0.15, 0.2) is 0 Å². The van der Waals surface area contributed by atoms with Gasteiger partial charge < -0.3 is 15.4 Å². The van der Waals surface area contributed by atoms with Crippen LogP contribution in [0.1, 0.15) is 13.3 Å². The van der Waals surface area contributed by atoms with Crippen LogP contribution in [0, 0.1) is 0 Å². The van der Waals surface area contributed by atoms with Gasteiger partial charge in [-0.25, -0.2) is 8.42 Å². The molecule has 1 rings (SSSR count). The van der Waals surface area contributed by atoms with Crippen molar-refractivity contribution in [2.24, 2.45) is 0 Å². The Bertz CT molecular complexity index is 385. The maximum Gasteiger partial charge on any atom is 0.239 e. The van der Waals surface area contributed by atoms with E-state index in [1.807, 2.05) is 6.92 Å². The number of amides is 1. The molecule has 1 atom stereocenters. The third kappa shape index (κ3) is 4.72. The van der Waals surface area contributed by atoms with Crippen molar-refractivity contribution < 1.29 is 17.9 Å². The summed E-state index contributed by atoms with van der Waals surface area (Å²) in [7, 11) is -1.88. The first-order valence-electron chi connectivity index (χ1n) is 6.49. The maximum atomic E-state index is 12.2. The fraction of sp³-hybridized carbons (Fsp3) is 0.909. The van der Waals surface area contributed by atoms with Crippen molar-refractivity contribution in [3.63, 3.8) is 0 Å². The largest absolute Gasteiger partial charge is 0.385 e. The number of carbonyl (C=O) groups excluding carboxylic acids is 1. The summed E-state index contributed by atoms with van der Waals surface area (Å²) in [6, 6.07) is -0.652. The molecule has 0 aromatic carbocycles. The van der Waals surface area contributed by atoms with E-state index in [4.69, 9.17) is 4.74 Å². The first-order valence-corrected chi connectivity index (χ1v) is 8.10. The third-order valence-electron chi connectivity index (χ3n) is 2.96. The second-order valence-corrected chi connectivity index (χ2v) is 6.43. The number of rotatable bonds is 7. The van der Waals surface area contributed by atoms with Gasteiger partial charge in [-0.2, -0.15) is 4.31 Å². The van der Waals surface area contributed by atoms with Crippen molar-refractivity contribution in [1.29, 1.82) is 0 Å². The normalized spacial score (nSPS) is 21.3. The minimum atomic E-state index is -3.42. The molecule has 0 radical (unpaired) electrons. The van der Waals surface area contributed by atoms with Gasteiger partial charge in [-0.15, -0.1) is 0 Å². The van der Waals surface area contributed by atoms with E-state index in [1.54, 1.807) is 0 Å². The molecule has 0 aromatic rings. The van der Waals surface area contributed by atoms with Gasteiger partial charge in [-0.3, -0.25) is 4.79 Å². The first-order chi connectivity index (χ1) is 9.03. The predicted octanol–water partition coefficient (Wildman–Crippen LogP) is -1.24. The van der Waals surface area contributed by atoms with Gasteiger partial charge in [0.15, 0.2) is 0 Å². The molecule has 0 saturated carbocycles. The molecular weight excluding hydrogens is 270 g/mol. The number of nitrogens with zero attached hydrogens (tertiary/aromatic N) is 1. The molecule has 1 saturated heterocycles. The number of sulfonamides is 1. The Hall–Kier alpha value is -0.700. The highest BCUT2D eigenvalue weighted by molar-refractivity contribution is 7.89. The van der Waals surface area contributed by atoms with Crippen LogP contribution in [-0.4, -0.2) is 70.3 Å². The number of carbonyl (C=O) groups is 1. The Labute approximate surface area is 114 Å². The average Bonchev–Trinajstić information content (AvgIpc) is 2.39. The van der Waals surface area contributed by atoms with E-state index in [1.165, 1.54) is 11.4 Å². The quantitative estimate of drug-likeness (QED) is 0.574. The molecule has 1 amide bonds. The van der Waals surface area contributed by atoms with E-state index >= 15 is 0 Å². The Morgan fingerprint density at radius 3 is 2.89 bits per heavy atom. The molecule has 1 unspecified atom stereocenters. The van der Waals surface area contributed by atoms with E-state index in [0.29, 0.717) is 39.2 Å². The van der Waals surface area contributed by atoms with E-state index in [-0.39, 0.29) is 11.7 Å². The molecule has 0 aromatic heterocycles. The van der Waals surface area contributed by atoms with Crippen molar-refractivity contribution in [2.75, 3.05) is 45.6 Å². The van der Waals surface area contributed by atoms with Crippen LogP contribution >= 0.6 is 0 Å². The lowest BCUT2D eigenvalue weighted by atomic mass is 10.2. The van der Waals surface area contributed by atoms with E-state index in [9.17, 15) is 13.2 Å². The molecule has 2 N–H and O–H groups in total. The first kappa shape index (κ1) is 16.4. The summed E-state index contributed by atoms with van der Waals surface area (Å²) in [5.41, 5.74) is 0. The zero-order valence-corrected chi connectivity index (χ0v) is 12.3. The predicted molar refractivity (Wildman–Crippen MR) is 72.3 cm³/mol. The molecule has 7 nitrogen and oxygen atoms in total. The summed E-state index contributed by atoms with van der Waals surface area (Å²) in [4.78, 5) is 11.9. The van der Waals surface area contributed by atoms with Crippen LogP contribution < -0.4 is 10.6 Å². The van der Waals surface area contributed by atoms with Crippen LogP contribution in [0.3, 0.4) is 0 Å². The van der Waals surface area contributed by atoms with E-state index in [2.05, 4.69) is 10.6 Å². The summed E-state index contributed by atoms with van der Waals surface area (Å²) in [6.45, 7) is 3.96. The number of piperazine rings is 1. The van der Waals surface area contributed by atoms with Gasteiger partial charge in [-0.1, -0.05) is 0 Å². The van der Waals surface area contributed by atoms with Gasteiger partial charge in [0.05, 0.1) is 5.75 Å². The highest BCUT2D eigenvalue weighted by atomic mass is 32.2. The topological polar surface area (TPSA) is 87.7 Å². The number of likely N-dealkylation sites (N-methyl/N-ethyl adjacent to an activating group) is 1. The fourth-order valence-corrected chi connectivity index (χ4v) is 3.68. The molecule has 0 bridgehead atoms. The SMILES string of the molecule is CCNC(=O)C1CNCCN1S(=O)(=O)CCCOC. The van der Waals surface area contributed by atoms with Crippen LogP contribution in [0.5, 0.6) is 0 Å². The second-order valence-electron chi connectivity index (χ2n) is 4.39. The Morgan fingerprint density at radius 2 is 2.26 bits per heavy atom. The standard InChI is InChI=1S/C11H23N3O4S/c1-3-13-11(15)10-9-12-5-6-14(10)19(16,17)8-4-7-18-2/h10,12H,3-9H2,1-2H3,(H,13,15). The van der Waals surface area contributed by atoms with Gasteiger partial charge in [0.2, 0.25) is 15.9 Å². The minimum absolute atomic E-state index is 0.0107. The molecule has 19 heavy (non-hydrogen) atoms. The number of hydrogen-bond acceptors (Lipinski definition) is 5. The highest BCUT2D eigenvalue weighted by Crippen LogP contribution is 2.12. The van der Waals surface area contributed by atoms with Crippen LogP contribution in [0.2, 0.25) is 0 Å². The Kier molecular flexibility index (Phi) is 6.70. The van der Waals surface area contributed by atoms with Crippen molar-refractivity contribution in [3.8, 4) is 0 Å². The molecule has 1 aliphatic heterocycles. The number of methoxy groups -OCH3 is 1. The molecular formula is C11H23N3O4S. The van der Waals surface area contributed by atoms with Gasteiger partial charge in [-0.05, 0) is 13.3 Å². The lowest BCUT2D eigenvalue weighted by Gasteiger charge is -2.34. The number of ether oxygens (including phenoxy) is 1. The molecule has 1 fully saturated rings. The Morgan fingerprint density at radius 1 is 1.53 bits per heavy atom. The zero-order valence-electron chi connectivity index (χ0n) is 11.5.